The quantitative estimate of drug-likeness (QED) is 0.557. The van der Waals surface area contributed by atoms with Crippen molar-refractivity contribution in [3.63, 3.8) is 0 Å². The molecule has 0 saturated carbocycles. The Labute approximate surface area is 181 Å². The monoisotopic (exact) mass is 433 g/mol. The van der Waals surface area contributed by atoms with Gasteiger partial charge in [0.25, 0.3) is 0 Å². The van der Waals surface area contributed by atoms with Gasteiger partial charge in [0.15, 0.2) is 5.96 Å². The van der Waals surface area contributed by atoms with E-state index in [2.05, 4.69) is 54.7 Å². The third-order valence-corrected chi connectivity index (χ3v) is 7.36. The largest absolute Gasteiger partial charge is 0.357 e. The molecule has 2 aromatic rings. The molecule has 2 aromatic heterocycles. The molecule has 1 N–H and O–H groups in total. The molecule has 0 aromatic carbocycles. The molecule has 4 rings (SSSR count). The molecule has 0 atom stereocenters. The standard InChI is InChI=1S/C20H31N7S2/c1-3-18-23-20(29-24-18)27-12-10-26(11-13-27)19(21-4-2)22-7-9-25-8-5-17-16(15-25)6-14-28-17/h6,14H,3-5,7-13,15H2,1-2H3,(H,21,22). The van der Waals surface area contributed by atoms with Gasteiger partial charge in [-0.25, -0.2) is 4.98 Å². The summed E-state index contributed by atoms with van der Waals surface area (Å²) in [4.78, 5) is 18.4. The van der Waals surface area contributed by atoms with Gasteiger partial charge in [0.2, 0.25) is 5.13 Å². The van der Waals surface area contributed by atoms with Gasteiger partial charge >= 0.3 is 0 Å². The van der Waals surface area contributed by atoms with Crippen LogP contribution in [0.4, 0.5) is 5.13 Å². The molecule has 0 unspecified atom stereocenters. The molecular formula is C20H31N7S2. The number of guanidine groups is 1. The molecule has 0 bridgehead atoms. The zero-order chi connectivity index (χ0) is 20.1. The second kappa shape index (κ2) is 9.86. The SMILES string of the molecule is CCNC(=NCCN1CCc2sccc2C1)N1CCN(c2nc(CC)ns2)CC1. The molecule has 158 valence electrons. The lowest BCUT2D eigenvalue weighted by Crippen LogP contribution is -2.52. The topological polar surface area (TPSA) is 59.9 Å². The smallest absolute Gasteiger partial charge is 0.205 e. The van der Waals surface area contributed by atoms with E-state index in [1.807, 2.05) is 11.3 Å². The first kappa shape index (κ1) is 20.6. The summed E-state index contributed by atoms with van der Waals surface area (Å²) in [5.41, 5.74) is 1.51. The lowest BCUT2D eigenvalue weighted by atomic mass is 10.1. The Morgan fingerprint density at radius 3 is 2.83 bits per heavy atom. The van der Waals surface area contributed by atoms with Crippen LogP contribution in [-0.4, -0.2) is 77.5 Å². The predicted molar refractivity (Wildman–Crippen MR) is 122 cm³/mol. The lowest BCUT2D eigenvalue weighted by molar-refractivity contribution is 0.263. The Kier molecular flexibility index (Phi) is 6.99. The Morgan fingerprint density at radius 2 is 2.07 bits per heavy atom. The molecule has 1 fully saturated rings. The number of hydrogen-bond acceptors (Lipinski definition) is 7. The van der Waals surface area contributed by atoms with Crippen molar-refractivity contribution in [2.45, 2.75) is 33.2 Å². The summed E-state index contributed by atoms with van der Waals surface area (Å²) < 4.78 is 4.42. The van der Waals surface area contributed by atoms with Crippen molar-refractivity contribution in [3.8, 4) is 0 Å². The van der Waals surface area contributed by atoms with Crippen molar-refractivity contribution < 1.29 is 0 Å². The molecule has 0 radical (unpaired) electrons. The van der Waals surface area contributed by atoms with E-state index in [1.165, 1.54) is 23.5 Å². The molecule has 4 heterocycles. The summed E-state index contributed by atoms with van der Waals surface area (Å²) in [6, 6.07) is 2.28. The van der Waals surface area contributed by atoms with Crippen molar-refractivity contribution in [2.24, 2.45) is 4.99 Å². The van der Waals surface area contributed by atoms with Crippen LogP contribution in [-0.2, 0) is 19.4 Å². The number of thiophene rings is 1. The highest BCUT2D eigenvalue weighted by Gasteiger charge is 2.22. The van der Waals surface area contributed by atoms with E-state index in [4.69, 9.17) is 4.99 Å². The van der Waals surface area contributed by atoms with E-state index in [9.17, 15) is 0 Å². The predicted octanol–water partition coefficient (Wildman–Crippen LogP) is 2.31. The summed E-state index contributed by atoms with van der Waals surface area (Å²) in [6.45, 7) is 13.1. The van der Waals surface area contributed by atoms with Gasteiger partial charge in [-0.2, -0.15) is 4.37 Å². The molecule has 7 nitrogen and oxygen atoms in total. The first-order valence-corrected chi connectivity index (χ1v) is 12.3. The molecule has 29 heavy (non-hydrogen) atoms. The highest BCUT2D eigenvalue weighted by molar-refractivity contribution is 7.10. The van der Waals surface area contributed by atoms with Gasteiger partial charge in [-0.15, -0.1) is 11.3 Å². The fourth-order valence-electron chi connectivity index (χ4n) is 3.85. The number of aryl methyl sites for hydroxylation is 1. The first-order chi connectivity index (χ1) is 14.3. The maximum absolute atomic E-state index is 4.94. The van der Waals surface area contributed by atoms with Crippen molar-refractivity contribution in [1.82, 2.24) is 24.5 Å². The van der Waals surface area contributed by atoms with Crippen LogP contribution in [0.25, 0.3) is 0 Å². The normalized spacial score (nSPS) is 18.2. The lowest BCUT2D eigenvalue weighted by Gasteiger charge is -2.36. The first-order valence-electron chi connectivity index (χ1n) is 10.6. The minimum Gasteiger partial charge on any atom is -0.357 e. The number of piperazine rings is 1. The number of aromatic nitrogens is 2. The fraction of sp³-hybridized carbons (Fsp3) is 0.650. The second-order valence-electron chi connectivity index (χ2n) is 7.45. The Hall–Kier alpha value is -1.71. The molecule has 0 aliphatic carbocycles. The molecule has 2 aliphatic rings. The number of hydrogen-bond donors (Lipinski definition) is 1. The Balaban J connectivity index is 1.28. The Morgan fingerprint density at radius 1 is 1.21 bits per heavy atom. The summed E-state index contributed by atoms with van der Waals surface area (Å²) in [7, 11) is 0. The minimum atomic E-state index is 0.846. The fourth-order valence-corrected chi connectivity index (χ4v) is 5.54. The Bertz CT molecular complexity index is 807. The number of nitrogens with zero attached hydrogens (tertiary/aromatic N) is 6. The van der Waals surface area contributed by atoms with E-state index < -0.39 is 0 Å². The van der Waals surface area contributed by atoms with Crippen LogP contribution in [0.15, 0.2) is 16.4 Å². The van der Waals surface area contributed by atoms with Gasteiger partial charge in [-0.05, 0) is 30.4 Å². The molecule has 1 saturated heterocycles. The average Bonchev–Trinajstić information content (AvgIpc) is 3.42. The highest BCUT2D eigenvalue weighted by atomic mass is 32.1. The summed E-state index contributed by atoms with van der Waals surface area (Å²) in [5.74, 6) is 2.00. The zero-order valence-corrected chi connectivity index (χ0v) is 19.1. The van der Waals surface area contributed by atoms with Gasteiger partial charge in [0, 0.05) is 75.2 Å². The number of rotatable bonds is 6. The maximum Gasteiger partial charge on any atom is 0.205 e. The van der Waals surface area contributed by atoms with Crippen LogP contribution >= 0.6 is 22.9 Å². The molecule has 9 heteroatoms. The van der Waals surface area contributed by atoms with E-state index in [0.717, 1.165) is 82.2 Å². The van der Waals surface area contributed by atoms with Crippen LogP contribution in [0.2, 0.25) is 0 Å². The van der Waals surface area contributed by atoms with E-state index in [-0.39, 0.29) is 0 Å². The zero-order valence-electron chi connectivity index (χ0n) is 17.4. The van der Waals surface area contributed by atoms with Crippen LogP contribution < -0.4 is 10.2 Å². The van der Waals surface area contributed by atoms with Crippen LogP contribution in [0.1, 0.15) is 30.1 Å². The highest BCUT2D eigenvalue weighted by Crippen LogP contribution is 2.23. The number of fused-ring (bicyclic) bond motifs is 1. The second-order valence-corrected chi connectivity index (χ2v) is 9.18. The van der Waals surface area contributed by atoms with Crippen molar-refractivity contribution in [2.75, 3.05) is 57.3 Å². The number of nitrogens with one attached hydrogen (secondary N) is 1. The van der Waals surface area contributed by atoms with E-state index in [0.29, 0.717) is 0 Å². The molecule has 0 spiro atoms. The van der Waals surface area contributed by atoms with E-state index in [1.54, 1.807) is 4.88 Å². The number of aliphatic imine (C=N–C) groups is 1. The summed E-state index contributed by atoms with van der Waals surface area (Å²) >= 11 is 3.42. The van der Waals surface area contributed by atoms with E-state index >= 15 is 0 Å². The van der Waals surface area contributed by atoms with Gasteiger partial charge in [-0.1, -0.05) is 6.92 Å². The van der Waals surface area contributed by atoms with Crippen LogP contribution in [0.5, 0.6) is 0 Å². The third kappa shape index (κ3) is 5.07. The van der Waals surface area contributed by atoms with Crippen LogP contribution in [0, 0.1) is 0 Å². The molecular weight excluding hydrogens is 402 g/mol. The summed E-state index contributed by atoms with van der Waals surface area (Å²) in [5, 5.41) is 6.76. The maximum atomic E-state index is 4.94. The van der Waals surface area contributed by atoms with Crippen molar-refractivity contribution in [3.05, 3.63) is 27.7 Å². The van der Waals surface area contributed by atoms with Crippen molar-refractivity contribution >= 4 is 34.0 Å². The summed E-state index contributed by atoms with van der Waals surface area (Å²) in [6.07, 6.45) is 2.09. The van der Waals surface area contributed by atoms with Crippen LogP contribution in [0.3, 0.4) is 0 Å². The number of anilines is 1. The van der Waals surface area contributed by atoms with Gasteiger partial charge in [-0.3, -0.25) is 9.89 Å². The van der Waals surface area contributed by atoms with Crippen molar-refractivity contribution in [1.29, 1.82) is 0 Å². The third-order valence-electron chi connectivity index (χ3n) is 5.52. The average molecular weight is 434 g/mol. The van der Waals surface area contributed by atoms with Gasteiger partial charge in [0.1, 0.15) is 5.82 Å². The molecule has 2 aliphatic heterocycles. The minimum absolute atomic E-state index is 0.846. The van der Waals surface area contributed by atoms with Gasteiger partial charge in [0.05, 0.1) is 6.54 Å². The van der Waals surface area contributed by atoms with Gasteiger partial charge < -0.3 is 15.1 Å². The molecule has 0 amide bonds.